The van der Waals surface area contributed by atoms with Crippen molar-refractivity contribution in [3.63, 3.8) is 0 Å². The molecule has 6 heteroatoms. The molecule has 1 aromatic carbocycles. The Bertz CT molecular complexity index is 545. The second-order valence-corrected chi connectivity index (χ2v) is 7.02. The summed E-state index contributed by atoms with van der Waals surface area (Å²) in [7, 11) is -1.37. The average Bonchev–Trinajstić information content (AvgIpc) is 2.38. The second kappa shape index (κ2) is 6.67. The molecular formula is C14H22N2O3S. The summed E-state index contributed by atoms with van der Waals surface area (Å²) in [5, 5.41) is 0. The maximum Gasteiger partial charge on any atom is 0.240 e. The molecule has 0 aromatic heterocycles. The normalized spacial score (nSPS) is 21.0. The minimum absolute atomic E-state index is 0.106. The SMILES string of the molecule is Cc1cccc(S(=O)(=O)NCCC2CN(C)CCO2)c1. The van der Waals surface area contributed by atoms with Crippen molar-refractivity contribution >= 4 is 10.0 Å². The van der Waals surface area contributed by atoms with Crippen molar-refractivity contribution in [1.82, 2.24) is 9.62 Å². The van der Waals surface area contributed by atoms with Crippen LogP contribution in [0.1, 0.15) is 12.0 Å². The van der Waals surface area contributed by atoms with Crippen LogP contribution in [-0.4, -0.2) is 52.7 Å². The van der Waals surface area contributed by atoms with Gasteiger partial charge in [-0.3, -0.25) is 0 Å². The number of morpholine rings is 1. The van der Waals surface area contributed by atoms with Crippen LogP contribution in [0.2, 0.25) is 0 Å². The quantitative estimate of drug-likeness (QED) is 0.881. The standard InChI is InChI=1S/C14H22N2O3S/c1-12-4-3-5-14(10-12)20(17,18)15-7-6-13-11-16(2)8-9-19-13/h3-5,10,13,15H,6-9,11H2,1-2H3. The predicted octanol–water partition coefficient (Wildman–Crippen LogP) is 0.994. The summed E-state index contributed by atoms with van der Waals surface area (Å²) in [5.74, 6) is 0. The van der Waals surface area contributed by atoms with Crippen LogP contribution in [0.15, 0.2) is 29.2 Å². The third-order valence-electron chi connectivity index (χ3n) is 3.40. The van der Waals surface area contributed by atoms with Crippen LogP contribution in [0, 0.1) is 6.92 Å². The van der Waals surface area contributed by atoms with Crippen LogP contribution >= 0.6 is 0 Å². The number of nitrogens with one attached hydrogen (secondary N) is 1. The third-order valence-corrected chi connectivity index (χ3v) is 4.86. The van der Waals surface area contributed by atoms with Crippen molar-refractivity contribution in [3.8, 4) is 0 Å². The van der Waals surface area contributed by atoms with Crippen molar-refractivity contribution in [1.29, 1.82) is 0 Å². The molecule has 20 heavy (non-hydrogen) atoms. The first kappa shape index (κ1) is 15.4. The van der Waals surface area contributed by atoms with Crippen LogP contribution in [0.4, 0.5) is 0 Å². The fourth-order valence-electron chi connectivity index (χ4n) is 2.26. The fourth-order valence-corrected chi connectivity index (χ4v) is 3.41. The fraction of sp³-hybridized carbons (Fsp3) is 0.571. The lowest BCUT2D eigenvalue weighted by molar-refractivity contribution is -0.0222. The molecule has 5 nitrogen and oxygen atoms in total. The van der Waals surface area contributed by atoms with E-state index in [-0.39, 0.29) is 6.10 Å². The third kappa shape index (κ3) is 4.28. The van der Waals surface area contributed by atoms with Crippen molar-refractivity contribution in [2.24, 2.45) is 0 Å². The molecule has 2 rings (SSSR count). The minimum Gasteiger partial charge on any atom is -0.376 e. The number of hydrogen-bond donors (Lipinski definition) is 1. The molecule has 112 valence electrons. The van der Waals surface area contributed by atoms with Gasteiger partial charge >= 0.3 is 0 Å². The number of hydrogen-bond acceptors (Lipinski definition) is 4. The van der Waals surface area contributed by atoms with Crippen molar-refractivity contribution in [2.45, 2.75) is 24.3 Å². The molecule has 0 spiro atoms. The number of likely N-dealkylation sites (N-methyl/N-ethyl adjacent to an activating group) is 1. The summed E-state index contributed by atoms with van der Waals surface area (Å²) in [5.41, 5.74) is 0.935. The van der Waals surface area contributed by atoms with E-state index < -0.39 is 10.0 Å². The van der Waals surface area contributed by atoms with Crippen LogP contribution in [0.25, 0.3) is 0 Å². The first-order valence-electron chi connectivity index (χ1n) is 6.84. The molecule has 1 heterocycles. The minimum atomic E-state index is -3.42. The van der Waals surface area contributed by atoms with E-state index >= 15 is 0 Å². The molecule has 0 bridgehead atoms. The average molecular weight is 298 g/mol. The molecule has 0 aliphatic carbocycles. The lowest BCUT2D eigenvalue weighted by atomic mass is 10.2. The van der Waals surface area contributed by atoms with Crippen LogP contribution < -0.4 is 4.72 Å². The molecule has 1 aliphatic heterocycles. The maximum atomic E-state index is 12.1. The van der Waals surface area contributed by atoms with Gasteiger partial charge in [0.1, 0.15) is 0 Å². The summed E-state index contributed by atoms with van der Waals surface area (Å²) in [6, 6.07) is 6.92. The first-order chi connectivity index (χ1) is 9.47. The molecule has 1 saturated heterocycles. The lowest BCUT2D eigenvalue weighted by Crippen LogP contribution is -2.41. The van der Waals surface area contributed by atoms with Gasteiger partial charge in [-0.1, -0.05) is 12.1 Å². The van der Waals surface area contributed by atoms with E-state index in [4.69, 9.17) is 4.74 Å². The van der Waals surface area contributed by atoms with E-state index in [1.807, 2.05) is 20.0 Å². The van der Waals surface area contributed by atoms with E-state index in [0.717, 1.165) is 18.7 Å². The number of rotatable bonds is 5. The van der Waals surface area contributed by atoms with E-state index in [2.05, 4.69) is 9.62 Å². The van der Waals surface area contributed by atoms with E-state index in [1.165, 1.54) is 0 Å². The highest BCUT2D eigenvalue weighted by molar-refractivity contribution is 7.89. The largest absolute Gasteiger partial charge is 0.376 e. The molecule has 1 atom stereocenters. The van der Waals surface area contributed by atoms with E-state index in [9.17, 15) is 8.42 Å². The second-order valence-electron chi connectivity index (χ2n) is 5.26. The number of aryl methyl sites for hydroxylation is 1. The molecule has 0 saturated carbocycles. The molecule has 1 unspecified atom stereocenters. The van der Waals surface area contributed by atoms with Gasteiger partial charge < -0.3 is 9.64 Å². The van der Waals surface area contributed by atoms with E-state index in [1.54, 1.807) is 18.2 Å². The Morgan fingerprint density at radius 3 is 2.95 bits per heavy atom. The Balaban J connectivity index is 1.86. The van der Waals surface area contributed by atoms with E-state index in [0.29, 0.717) is 24.5 Å². The highest BCUT2D eigenvalue weighted by Crippen LogP contribution is 2.11. The predicted molar refractivity (Wildman–Crippen MR) is 78.2 cm³/mol. The number of ether oxygens (including phenoxy) is 1. The van der Waals surface area contributed by atoms with Crippen molar-refractivity contribution < 1.29 is 13.2 Å². The van der Waals surface area contributed by atoms with Gasteiger partial charge in [-0.25, -0.2) is 13.1 Å². The molecular weight excluding hydrogens is 276 g/mol. The van der Waals surface area contributed by atoms with Gasteiger partial charge in [0.05, 0.1) is 17.6 Å². The highest BCUT2D eigenvalue weighted by atomic mass is 32.2. The van der Waals surface area contributed by atoms with Gasteiger partial charge in [0.25, 0.3) is 0 Å². The summed E-state index contributed by atoms with van der Waals surface area (Å²) in [6.45, 7) is 4.78. The van der Waals surface area contributed by atoms with Gasteiger partial charge in [-0.05, 0) is 38.1 Å². The Kier molecular flexibility index (Phi) is 5.15. The van der Waals surface area contributed by atoms with Gasteiger partial charge in [-0.2, -0.15) is 0 Å². The zero-order valence-corrected chi connectivity index (χ0v) is 12.8. The zero-order valence-electron chi connectivity index (χ0n) is 12.0. The Labute approximate surface area is 121 Å². The highest BCUT2D eigenvalue weighted by Gasteiger charge is 2.19. The molecule has 0 radical (unpaired) electrons. The van der Waals surface area contributed by atoms with Gasteiger partial charge in [0, 0.05) is 19.6 Å². The number of benzene rings is 1. The topological polar surface area (TPSA) is 58.6 Å². The summed E-state index contributed by atoms with van der Waals surface area (Å²) >= 11 is 0. The van der Waals surface area contributed by atoms with Crippen LogP contribution in [0.3, 0.4) is 0 Å². The summed E-state index contributed by atoms with van der Waals surface area (Å²) in [6.07, 6.45) is 0.795. The van der Waals surface area contributed by atoms with Gasteiger partial charge in [0.15, 0.2) is 0 Å². The van der Waals surface area contributed by atoms with Crippen molar-refractivity contribution in [2.75, 3.05) is 33.3 Å². The van der Waals surface area contributed by atoms with Gasteiger partial charge in [-0.15, -0.1) is 0 Å². The Morgan fingerprint density at radius 2 is 2.25 bits per heavy atom. The molecule has 1 fully saturated rings. The monoisotopic (exact) mass is 298 g/mol. The summed E-state index contributed by atoms with van der Waals surface area (Å²) in [4.78, 5) is 2.52. The smallest absolute Gasteiger partial charge is 0.240 e. The van der Waals surface area contributed by atoms with Crippen LogP contribution in [0.5, 0.6) is 0 Å². The number of sulfonamides is 1. The number of nitrogens with zero attached hydrogens (tertiary/aromatic N) is 1. The Morgan fingerprint density at radius 1 is 1.45 bits per heavy atom. The maximum absolute atomic E-state index is 12.1. The molecule has 1 aliphatic rings. The first-order valence-corrected chi connectivity index (χ1v) is 8.32. The van der Waals surface area contributed by atoms with Crippen molar-refractivity contribution in [3.05, 3.63) is 29.8 Å². The zero-order chi connectivity index (χ0) is 14.6. The lowest BCUT2D eigenvalue weighted by Gasteiger charge is -2.30. The molecule has 0 amide bonds. The molecule has 1 N–H and O–H groups in total. The molecule has 1 aromatic rings. The van der Waals surface area contributed by atoms with Gasteiger partial charge in [0.2, 0.25) is 10.0 Å². The Hall–Kier alpha value is -0.950. The summed E-state index contributed by atoms with van der Waals surface area (Å²) < 4.78 is 32.5. The van der Waals surface area contributed by atoms with Crippen LogP contribution in [-0.2, 0) is 14.8 Å².